The molecule has 0 unspecified atom stereocenters. The Bertz CT molecular complexity index is 625. The number of nitrogens with one attached hydrogen (secondary N) is 1. The van der Waals surface area contributed by atoms with E-state index in [1.54, 1.807) is 0 Å². The van der Waals surface area contributed by atoms with E-state index in [1.807, 2.05) is 0 Å². The van der Waals surface area contributed by atoms with Crippen LogP contribution in [0.3, 0.4) is 0 Å². The second kappa shape index (κ2) is 7.77. The summed E-state index contributed by atoms with van der Waals surface area (Å²) in [6.07, 6.45) is 6.58. The maximum Gasteiger partial charge on any atom is 0.232 e. The molecule has 1 saturated carbocycles. The molecular formula is C16H23FN2O3S. The molecule has 1 aromatic rings. The number of rotatable bonds is 6. The van der Waals surface area contributed by atoms with E-state index in [-0.39, 0.29) is 24.9 Å². The highest BCUT2D eigenvalue weighted by Crippen LogP contribution is 2.19. The molecule has 1 amide bonds. The first-order valence-electron chi connectivity index (χ1n) is 7.89. The molecule has 1 aliphatic carbocycles. The Kier molecular flexibility index (Phi) is 5.98. The average Bonchev–Trinajstić information content (AvgIpc) is 2.49. The summed E-state index contributed by atoms with van der Waals surface area (Å²) < 4.78 is 38.0. The molecule has 2 rings (SSSR count). The molecular weight excluding hydrogens is 319 g/mol. The molecule has 0 radical (unpaired) electrons. The Balaban J connectivity index is 1.95. The van der Waals surface area contributed by atoms with E-state index in [0.29, 0.717) is 5.69 Å². The minimum atomic E-state index is -3.53. The zero-order valence-corrected chi connectivity index (χ0v) is 14.1. The number of sulfonamides is 1. The van der Waals surface area contributed by atoms with Crippen LogP contribution in [0.5, 0.6) is 0 Å². The maximum atomic E-state index is 13.0. The smallest absolute Gasteiger partial charge is 0.232 e. The summed E-state index contributed by atoms with van der Waals surface area (Å²) in [7, 11) is -3.53. The van der Waals surface area contributed by atoms with Gasteiger partial charge in [-0.2, -0.15) is 0 Å². The quantitative estimate of drug-likeness (QED) is 0.863. The van der Waals surface area contributed by atoms with Gasteiger partial charge in [0, 0.05) is 19.0 Å². The molecule has 0 bridgehead atoms. The van der Waals surface area contributed by atoms with Crippen molar-refractivity contribution in [3.8, 4) is 0 Å². The molecule has 5 nitrogen and oxygen atoms in total. The molecule has 7 heteroatoms. The van der Waals surface area contributed by atoms with Crippen LogP contribution in [0, 0.1) is 5.82 Å². The third-order valence-electron chi connectivity index (χ3n) is 4.03. The Labute approximate surface area is 136 Å². The summed E-state index contributed by atoms with van der Waals surface area (Å²) in [6, 6.07) is 5.41. The van der Waals surface area contributed by atoms with Crippen molar-refractivity contribution >= 4 is 21.6 Å². The fourth-order valence-corrected chi connectivity index (χ4v) is 3.77. The number of carbonyl (C=O) groups is 1. The third kappa shape index (κ3) is 5.49. The van der Waals surface area contributed by atoms with Gasteiger partial charge in [-0.3, -0.25) is 9.10 Å². The van der Waals surface area contributed by atoms with Crippen LogP contribution in [-0.4, -0.2) is 33.2 Å². The second-order valence-electron chi connectivity index (χ2n) is 5.96. The maximum absolute atomic E-state index is 13.0. The second-order valence-corrected chi connectivity index (χ2v) is 7.87. The van der Waals surface area contributed by atoms with Gasteiger partial charge in [-0.25, -0.2) is 12.8 Å². The van der Waals surface area contributed by atoms with Crippen LogP contribution >= 0.6 is 0 Å². The molecule has 0 saturated heterocycles. The molecule has 0 aliphatic heterocycles. The summed E-state index contributed by atoms with van der Waals surface area (Å²) in [4.78, 5) is 12.0. The van der Waals surface area contributed by atoms with Crippen molar-refractivity contribution < 1.29 is 17.6 Å². The van der Waals surface area contributed by atoms with Crippen LogP contribution in [0.15, 0.2) is 24.3 Å². The van der Waals surface area contributed by atoms with E-state index in [4.69, 9.17) is 0 Å². The van der Waals surface area contributed by atoms with Crippen molar-refractivity contribution in [1.29, 1.82) is 0 Å². The van der Waals surface area contributed by atoms with Crippen molar-refractivity contribution in [3.05, 3.63) is 30.1 Å². The Morgan fingerprint density at radius 3 is 2.39 bits per heavy atom. The number of halogens is 1. The minimum Gasteiger partial charge on any atom is -0.353 e. The predicted molar refractivity (Wildman–Crippen MR) is 88.2 cm³/mol. The highest BCUT2D eigenvalue weighted by molar-refractivity contribution is 7.92. The summed E-state index contributed by atoms with van der Waals surface area (Å²) in [6.45, 7) is 0.0447. The molecule has 1 fully saturated rings. The van der Waals surface area contributed by atoms with Crippen molar-refractivity contribution in [2.75, 3.05) is 17.1 Å². The standard InChI is InChI=1S/C16H23FN2O3S/c1-23(21,22)19(15-9-7-13(17)8-10-15)12-11-16(20)18-14-5-3-2-4-6-14/h7-10,14H,2-6,11-12H2,1H3,(H,18,20). The fourth-order valence-electron chi connectivity index (χ4n) is 2.84. The molecule has 1 N–H and O–H groups in total. The van der Waals surface area contributed by atoms with E-state index in [1.165, 1.54) is 30.7 Å². The minimum absolute atomic E-state index is 0.0447. The van der Waals surface area contributed by atoms with Crippen LogP contribution in [0.1, 0.15) is 38.5 Å². The third-order valence-corrected chi connectivity index (χ3v) is 5.22. The lowest BCUT2D eigenvalue weighted by molar-refractivity contribution is -0.121. The van der Waals surface area contributed by atoms with Crippen LogP contribution in [0.25, 0.3) is 0 Å². The number of benzene rings is 1. The van der Waals surface area contributed by atoms with Crippen LogP contribution in [0.2, 0.25) is 0 Å². The molecule has 128 valence electrons. The zero-order valence-electron chi connectivity index (χ0n) is 13.3. The van der Waals surface area contributed by atoms with E-state index in [2.05, 4.69) is 5.32 Å². The number of carbonyl (C=O) groups excluding carboxylic acids is 1. The fraction of sp³-hybridized carbons (Fsp3) is 0.562. The summed E-state index contributed by atoms with van der Waals surface area (Å²) in [5, 5.41) is 2.97. The first-order chi connectivity index (χ1) is 10.9. The van der Waals surface area contributed by atoms with Gasteiger partial charge in [0.25, 0.3) is 0 Å². The lowest BCUT2D eigenvalue weighted by atomic mass is 9.95. The Morgan fingerprint density at radius 1 is 1.22 bits per heavy atom. The van der Waals surface area contributed by atoms with Crippen LogP contribution in [-0.2, 0) is 14.8 Å². The van der Waals surface area contributed by atoms with Gasteiger partial charge in [0.05, 0.1) is 11.9 Å². The van der Waals surface area contributed by atoms with Gasteiger partial charge in [0.15, 0.2) is 0 Å². The van der Waals surface area contributed by atoms with Crippen LogP contribution in [0.4, 0.5) is 10.1 Å². The monoisotopic (exact) mass is 342 g/mol. The molecule has 1 aromatic carbocycles. The van der Waals surface area contributed by atoms with Crippen molar-refractivity contribution in [3.63, 3.8) is 0 Å². The highest BCUT2D eigenvalue weighted by Gasteiger charge is 2.20. The number of hydrogen-bond acceptors (Lipinski definition) is 3. The van der Waals surface area contributed by atoms with Gasteiger partial charge >= 0.3 is 0 Å². The van der Waals surface area contributed by atoms with Crippen molar-refractivity contribution in [1.82, 2.24) is 5.32 Å². The lowest BCUT2D eigenvalue weighted by Gasteiger charge is -2.25. The van der Waals surface area contributed by atoms with Crippen LogP contribution < -0.4 is 9.62 Å². The normalized spacial score (nSPS) is 16.1. The molecule has 23 heavy (non-hydrogen) atoms. The van der Waals surface area contributed by atoms with Gasteiger partial charge in [0.1, 0.15) is 5.82 Å². The number of amides is 1. The van der Waals surface area contributed by atoms with E-state index in [9.17, 15) is 17.6 Å². The van der Waals surface area contributed by atoms with E-state index < -0.39 is 15.8 Å². The van der Waals surface area contributed by atoms with E-state index >= 15 is 0 Å². The highest BCUT2D eigenvalue weighted by atomic mass is 32.2. The summed E-state index contributed by atoms with van der Waals surface area (Å²) in [5.41, 5.74) is 0.361. The lowest BCUT2D eigenvalue weighted by Crippen LogP contribution is -2.39. The average molecular weight is 342 g/mol. The van der Waals surface area contributed by atoms with E-state index in [0.717, 1.165) is 36.2 Å². The molecule has 0 spiro atoms. The number of nitrogens with zero attached hydrogens (tertiary/aromatic N) is 1. The van der Waals surface area contributed by atoms with Crippen molar-refractivity contribution in [2.24, 2.45) is 0 Å². The number of anilines is 1. The van der Waals surface area contributed by atoms with Gasteiger partial charge in [0.2, 0.25) is 15.9 Å². The topological polar surface area (TPSA) is 66.5 Å². The predicted octanol–water partition coefficient (Wildman–Crippen LogP) is 2.43. The SMILES string of the molecule is CS(=O)(=O)N(CCC(=O)NC1CCCCC1)c1ccc(F)cc1. The molecule has 1 aliphatic rings. The van der Waals surface area contributed by atoms with Gasteiger partial charge in [-0.15, -0.1) is 0 Å². The van der Waals surface area contributed by atoms with Crippen molar-refractivity contribution in [2.45, 2.75) is 44.6 Å². The molecule has 0 heterocycles. The number of hydrogen-bond donors (Lipinski definition) is 1. The van der Waals surface area contributed by atoms with Gasteiger partial charge in [-0.1, -0.05) is 19.3 Å². The first-order valence-corrected chi connectivity index (χ1v) is 9.74. The summed E-state index contributed by atoms with van der Waals surface area (Å²) in [5.74, 6) is -0.579. The first kappa shape index (κ1) is 17.7. The molecule has 0 atom stereocenters. The Morgan fingerprint density at radius 2 is 1.83 bits per heavy atom. The largest absolute Gasteiger partial charge is 0.353 e. The Hall–Kier alpha value is -1.63. The van der Waals surface area contributed by atoms with Gasteiger partial charge < -0.3 is 5.32 Å². The molecule has 0 aromatic heterocycles. The summed E-state index contributed by atoms with van der Waals surface area (Å²) >= 11 is 0. The van der Waals surface area contributed by atoms with Gasteiger partial charge in [-0.05, 0) is 37.1 Å². The zero-order chi connectivity index (χ0) is 16.9.